The molecule has 0 spiro atoms. The lowest BCUT2D eigenvalue weighted by Crippen LogP contribution is -2.37. The number of hydrogen-bond donors (Lipinski definition) is 1. The summed E-state index contributed by atoms with van der Waals surface area (Å²) >= 11 is 11.9. The molecule has 11 heteroatoms. The Morgan fingerprint density at radius 2 is 1.83 bits per heavy atom. The molecule has 3 aromatic rings. The van der Waals surface area contributed by atoms with Crippen LogP contribution in [-0.2, 0) is 22.1 Å². The van der Waals surface area contributed by atoms with Crippen molar-refractivity contribution < 1.29 is 17.5 Å². The topological polar surface area (TPSA) is 86.1 Å². The van der Waals surface area contributed by atoms with Crippen molar-refractivity contribution in [3.05, 3.63) is 64.2 Å². The van der Waals surface area contributed by atoms with Crippen LogP contribution in [0.15, 0.2) is 47.4 Å². The summed E-state index contributed by atoms with van der Waals surface area (Å²) in [6.45, 7) is 2.32. The normalized spacial score (nSPS) is 15.2. The van der Waals surface area contributed by atoms with Crippen LogP contribution >= 0.6 is 23.2 Å². The van der Waals surface area contributed by atoms with Crippen LogP contribution in [0.2, 0.25) is 10.0 Å². The van der Waals surface area contributed by atoms with Gasteiger partial charge in [-0.3, -0.25) is 4.57 Å². The monoisotopic (exact) mass is 470 g/mol. The van der Waals surface area contributed by atoms with Crippen LogP contribution in [-0.4, -0.2) is 23.2 Å². The van der Waals surface area contributed by atoms with E-state index in [1.54, 1.807) is 4.57 Å². The number of ether oxygens (including phenoxy) is 1. The maximum Gasteiger partial charge on any atom is 0.322 e. The molecule has 1 aliphatic rings. The van der Waals surface area contributed by atoms with Gasteiger partial charge in [0.2, 0.25) is 10.0 Å². The van der Waals surface area contributed by atoms with E-state index < -0.39 is 15.6 Å². The van der Waals surface area contributed by atoms with E-state index in [-0.39, 0.29) is 26.8 Å². The van der Waals surface area contributed by atoms with Gasteiger partial charge < -0.3 is 4.74 Å². The van der Waals surface area contributed by atoms with Gasteiger partial charge in [-0.25, -0.2) is 12.8 Å². The Kier molecular flexibility index (Phi) is 5.48. The van der Waals surface area contributed by atoms with Crippen molar-refractivity contribution in [1.29, 1.82) is 0 Å². The molecule has 0 aliphatic heterocycles. The maximum absolute atomic E-state index is 13.1. The first-order valence-corrected chi connectivity index (χ1v) is 11.3. The molecule has 1 aromatic heterocycles. The van der Waals surface area contributed by atoms with E-state index in [0.29, 0.717) is 31.0 Å². The van der Waals surface area contributed by atoms with E-state index in [1.807, 2.05) is 6.92 Å². The molecule has 0 amide bonds. The highest BCUT2D eigenvalue weighted by Gasteiger charge is 2.52. The van der Waals surface area contributed by atoms with Crippen LogP contribution in [0.4, 0.5) is 4.39 Å². The minimum absolute atomic E-state index is 0.00789. The van der Waals surface area contributed by atoms with Crippen molar-refractivity contribution in [1.82, 2.24) is 19.5 Å². The highest BCUT2D eigenvalue weighted by Crippen LogP contribution is 2.46. The summed E-state index contributed by atoms with van der Waals surface area (Å²) in [6.07, 6.45) is 1.12. The number of nitrogens with one attached hydrogen (secondary N) is 1. The first-order valence-electron chi connectivity index (χ1n) is 9.10. The predicted molar refractivity (Wildman–Crippen MR) is 110 cm³/mol. The van der Waals surface area contributed by atoms with E-state index in [4.69, 9.17) is 27.9 Å². The van der Waals surface area contributed by atoms with Crippen molar-refractivity contribution in [2.45, 2.75) is 36.7 Å². The van der Waals surface area contributed by atoms with Crippen molar-refractivity contribution in [3.63, 3.8) is 0 Å². The Balaban J connectivity index is 1.62. The molecule has 0 radical (unpaired) electrons. The third-order valence-electron chi connectivity index (χ3n) is 4.76. The summed E-state index contributed by atoms with van der Waals surface area (Å²) in [6, 6.07) is 9.82. The van der Waals surface area contributed by atoms with Gasteiger partial charge in [0, 0.05) is 6.54 Å². The number of hydrogen-bond acceptors (Lipinski definition) is 5. The quantitative estimate of drug-likeness (QED) is 0.548. The molecule has 158 valence electrons. The van der Waals surface area contributed by atoms with Gasteiger partial charge in [-0.2, -0.15) is 4.72 Å². The van der Waals surface area contributed by atoms with Crippen LogP contribution in [0.1, 0.15) is 25.6 Å². The van der Waals surface area contributed by atoms with Gasteiger partial charge in [-0.1, -0.05) is 28.3 Å². The molecule has 0 atom stereocenters. The number of rotatable bonds is 7. The predicted octanol–water partition coefficient (Wildman–Crippen LogP) is 4.50. The van der Waals surface area contributed by atoms with E-state index in [2.05, 4.69) is 14.9 Å². The first-order chi connectivity index (χ1) is 14.2. The van der Waals surface area contributed by atoms with Crippen LogP contribution in [0.5, 0.6) is 11.8 Å². The van der Waals surface area contributed by atoms with Crippen molar-refractivity contribution >= 4 is 33.2 Å². The average Bonchev–Trinajstić information content (AvgIpc) is 3.35. The number of nitrogens with zero attached hydrogens (tertiary/aromatic N) is 3. The summed E-state index contributed by atoms with van der Waals surface area (Å²) in [5.74, 6) is 0.464. The van der Waals surface area contributed by atoms with E-state index in [9.17, 15) is 12.8 Å². The zero-order valence-electron chi connectivity index (χ0n) is 15.8. The van der Waals surface area contributed by atoms with Gasteiger partial charge >= 0.3 is 6.01 Å². The smallest absolute Gasteiger partial charge is 0.322 e. The van der Waals surface area contributed by atoms with Gasteiger partial charge in [-0.15, -0.1) is 5.10 Å². The molecule has 1 aliphatic carbocycles. The Morgan fingerprint density at radius 3 is 2.43 bits per heavy atom. The van der Waals surface area contributed by atoms with Crippen LogP contribution in [0.25, 0.3) is 0 Å². The minimum Gasteiger partial charge on any atom is -0.424 e. The third-order valence-corrected chi connectivity index (χ3v) is 7.04. The zero-order valence-corrected chi connectivity index (χ0v) is 18.1. The van der Waals surface area contributed by atoms with Gasteiger partial charge in [0.05, 0.1) is 20.5 Å². The third kappa shape index (κ3) is 4.02. The SMILES string of the molecule is CCn1c(Oc2ccc(F)cc2)nnc1C1(NS(=O)(=O)c2ccc(Cl)c(Cl)c2)CC1. The molecule has 0 saturated heterocycles. The molecule has 1 N–H and O–H groups in total. The summed E-state index contributed by atoms with van der Waals surface area (Å²) in [4.78, 5) is 0.00789. The Morgan fingerprint density at radius 1 is 1.13 bits per heavy atom. The highest BCUT2D eigenvalue weighted by molar-refractivity contribution is 7.89. The largest absolute Gasteiger partial charge is 0.424 e. The van der Waals surface area contributed by atoms with Gasteiger partial charge in [0.15, 0.2) is 5.82 Å². The Bertz CT molecular complexity index is 1190. The lowest BCUT2D eigenvalue weighted by Gasteiger charge is -2.18. The number of sulfonamides is 1. The second-order valence-electron chi connectivity index (χ2n) is 6.87. The lowest BCUT2D eigenvalue weighted by molar-refractivity contribution is 0.404. The average molecular weight is 471 g/mol. The highest BCUT2D eigenvalue weighted by atomic mass is 35.5. The van der Waals surface area contributed by atoms with Gasteiger partial charge in [-0.05, 0) is 62.2 Å². The molecule has 7 nitrogen and oxygen atoms in total. The van der Waals surface area contributed by atoms with Crippen LogP contribution < -0.4 is 9.46 Å². The fraction of sp³-hybridized carbons (Fsp3) is 0.263. The van der Waals surface area contributed by atoms with Crippen LogP contribution in [0, 0.1) is 5.82 Å². The summed E-state index contributed by atoms with van der Waals surface area (Å²) in [5, 5.41) is 8.66. The molecule has 0 unspecified atom stereocenters. The first kappa shape index (κ1) is 21.0. The Labute approximate surface area is 182 Å². The molecular formula is C19H17Cl2FN4O3S. The summed E-state index contributed by atoms with van der Waals surface area (Å²) in [7, 11) is -3.88. The van der Waals surface area contributed by atoms with E-state index >= 15 is 0 Å². The van der Waals surface area contributed by atoms with E-state index in [1.165, 1.54) is 42.5 Å². The molecular weight excluding hydrogens is 454 g/mol. The van der Waals surface area contributed by atoms with Gasteiger partial charge in [0.25, 0.3) is 0 Å². The second-order valence-corrected chi connectivity index (χ2v) is 9.37. The molecule has 0 bridgehead atoms. The molecule has 1 fully saturated rings. The fourth-order valence-corrected chi connectivity index (χ4v) is 4.88. The van der Waals surface area contributed by atoms with Crippen molar-refractivity contribution in [3.8, 4) is 11.8 Å². The summed E-state index contributed by atoms with van der Waals surface area (Å²) in [5.41, 5.74) is -0.891. The van der Waals surface area contributed by atoms with Crippen molar-refractivity contribution in [2.75, 3.05) is 0 Å². The van der Waals surface area contributed by atoms with E-state index in [0.717, 1.165) is 0 Å². The fourth-order valence-electron chi connectivity index (χ4n) is 3.07. The van der Waals surface area contributed by atoms with Crippen molar-refractivity contribution in [2.24, 2.45) is 0 Å². The molecule has 4 rings (SSSR count). The molecule has 30 heavy (non-hydrogen) atoms. The molecule has 1 heterocycles. The number of halogens is 3. The molecule has 1 saturated carbocycles. The minimum atomic E-state index is -3.88. The zero-order chi connectivity index (χ0) is 21.5. The molecule has 2 aromatic carbocycles. The standard InChI is InChI=1S/C19H17Cl2FN4O3S/c1-2-26-17(23-24-18(26)29-13-5-3-12(22)4-6-13)19(9-10-19)25-30(27,28)14-7-8-15(20)16(21)11-14/h3-8,11,25H,2,9-10H2,1H3. The van der Waals surface area contributed by atoms with Gasteiger partial charge in [0.1, 0.15) is 11.6 Å². The summed E-state index contributed by atoms with van der Waals surface area (Å²) < 4.78 is 49.1. The lowest BCUT2D eigenvalue weighted by atomic mass is 10.3. The maximum atomic E-state index is 13.1. The number of aromatic nitrogens is 3. The second kappa shape index (κ2) is 7.81. The van der Waals surface area contributed by atoms with Crippen LogP contribution in [0.3, 0.4) is 0 Å². The number of benzene rings is 2. The Hall–Kier alpha value is -2.20.